The Hall–Kier alpha value is -2.42. The summed E-state index contributed by atoms with van der Waals surface area (Å²) in [6, 6.07) is 27.5. The highest BCUT2D eigenvalue weighted by Gasteiger charge is 2.14. The number of ketones is 1. The number of carbonyl (C=O) groups excluding carboxylic acids is 1. The fraction of sp³-hybridized carbons (Fsp3) is 0.136. The molecule has 0 N–H and O–H groups in total. The third kappa shape index (κ3) is 5.28. The molecule has 2 nitrogen and oxygen atoms in total. The van der Waals surface area contributed by atoms with Crippen molar-refractivity contribution in [2.45, 2.75) is 13.1 Å². The molecule has 0 unspecified atom stereocenters. The maximum absolute atomic E-state index is 12.7. The quantitative estimate of drug-likeness (QED) is 0.545. The van der Waals surface area contributed by atoms with Crippen molar-refractivity contribution in [2.75, 3.05) is 6.54 Å². The first-order chi connectivity index (χ1) is 12.2. The molecule has 0 fully saturated rings. The second kappa shape index (κ2) is 8.61. The average Bonchev–Trinajstić information content (AvgIpc) is 2.64. The molecular weight excluding hydrogens is 330 g/mol. The molecule has 0 saturated heterocycles. The summed E-state index contributed by atoms with van der Waals surface area (Å²) in [4.78, 5) is 14.8. The molecule has 0 atom stereocenters. The summed E-state index contributed by atoms with van der Waals surface area (Å²) >= 11 is 5.92. The van der Waals surface area contributed by atoms with Gasteiger partial charge in [-0.1, -0.05) is 72.3 Å². The van der Waals surface area contributed by atoms with E-state index in [1.807, 2.05) is 36.4 Å². The van der Waals surface area contributed by atoms with Crippen LogP contribution in [-0.2, 0) is 13.1 Å². The van der Waals surface area contributed by atoms with E-state index in [4.69, 9.17) is 11.6 Å². The molecule has 0 aliphatic heterocycles. The highest BCUT2D eigenvalue weighted by molar-refractivity contribution is 6.30. The number of hydrogen-bond donors (Lipinski definition) is 0. The van der Waals surface area contributed by atoms with Gasteiger partial charge in [-0.3, -0.25) is 9.69 Å². The molecule has 0 bridgehead atoms. The smallest absolute Gasteiger partial charge is 0.176 e. The van der Waals surface area contributed by atoms with E-state index in [-0.39, 0.29) is 5.78 Å². The third-order valence-corrected chi connectivity index (χ3v) is 4.28. The standard InChI is InChI=1S/C22H20ClNO/c23-21-13-11-20(12-14-21)22(25)17-24(15-18-7-3-1-4-8-18)16-19-9-5-2-6-10-19/h1-14H,15-17H2. The molecule has 3 heteroatoms. The van der Waals surface area contributed by atoms with Gasteiger partial charge in [-0.25, -0.2) is 0 Å². The van der Waals surface area contributed by atoms with Crippen LogP contribution in [0.3, 0.4) is 0 Å². The zero-order valence-electron chi connectivity index (χ0n) is 13.9. The number of rotatable bonds is 7. The Morgan fingerprint density at radius 3 is 1.68 bits per heavy atom. The molecule has 0 amide bonds. The molecule has 3 aromatic rings. The van der Waals surface area contributed by atoms with Crippen molar-refractivity contribution in [1.29, 1.82) is 0 Å². The molecule has 0 aliphatic rings. The van der Waals surface area contributed by atoms with E-state index in [2.05, 4.69) is 29.2 Å². The van der Waals surface area contributed by atoms with Crippen LogP contribution < -0.4 is 0 Å². The largest absolute Gasteiger partial charge is 0.293 e. The van der Waals surface area contributed by atoms with Gasteiger partial charge in [0.15, 0.2) is 5.78 Å². The van der Waals surface area contributed by atoms with Crippen molar-refractivity contribution in [3.05, 3.63) is 107 Å². The fourth-order valence-electron chi connectivity index (χ4n) is 2.78. The molecule has 3 rings (SSSR count). The van der Waals surface area contributed by atoms with Crippen molar-refractivity contribution in [2.24, 2.45) is 0 Å². The van der Waals surface area contributed by atoms with Crippen LogP contribution in [0, 0.1) is 0 Å². The number of Topliss-reactive ketones (excluding diaryl/α,β-unsaturated/α-hetero) is 1. The van der Waals surface area contributed by atoms with Gasteiger partial charge >= 0.3 is 0 Å². The van der Waals surface area contributed by atoms with Gasteiger partial charge in [0, 0.05) is 23.7 Å². The zero-order valence-corrected chi connectivity index (χ0v) is 14.7. The van der Waals surface area contributed by atoms with Crippen molar-refractivity contribution in [3.63, 3.8) is 0 Å². The van der Waals surface area contributed by atoms with Crippen LogP contribution in [0.2, 0.25) is 5.02 Å². The van der Waals surface area contributed by atoms with Crippen molar-refractivity contribution in [1.82, 2.24) is 4.90 Å². The van der Waals surface area contributed by atoms with E-state index >= 15 is 0 Å². The topological polar surface area (TPSA) is 20.3 Å². The van der Waals surface area contributed by atoms with Gasteiger partial charge < -0.3 is 0 Å². The molecule has 0 saturated carbocycles. The average molecular weight is 350 g/mol. The number of halogens is 1. The summed E-state index contributed by atoms with van der Waals surface area (Å²) < 4.78 is 0. The van der Waals surface area contributed by atoms with E-state index in [0.717, 1.165) is 13.1 Å². The second-order valence-electron chi connectivity index (χ2n) is 6.05. The lowest BCUT2D eigenvalue weighted by atomic mass is 10.1. The number of carbonyl (C=O) groups is 1. The van der Waals surface area contributed by atoms with Crippen molar-refractivity contribution in [3.8, 4) is 0 Å². The van der Waals surface area contributed by atoms with Crippen LogP contribution in [0.25, 0.3) is 0 Å². The first kappa shape index (κ1) is 17.4. The van der Waals surface area contributed by atoms with Gasteiger partial charge in [0.1, 0.15) is 0 Å². The summed E-state index contributed by atoms with van der Waals surface area (Å²) in [5.41, 5.74) is 3.08. The third-order valence-electron chi connectivity index (χ3n) is 4.03. The Morgan fingerprint density at radius 2 is 1.20 bits per heavy atom. The van der Waals surface area contributed by atoms with Crippen LogP contribution in [0.4, 0.5) is 0 Å². The van der Waals surface area contributed by atoms with Crippen LogP contribution in [0.5, 0.6) is 0 Å². The van der Waals surface area contributed by atoms with Crippen molar-refractivity contribution >= 4 is 17.4 Å². The second-order valence-corrected chi connectivity index (χ2v) is 6.48. The molecule has 126 valence electrons. The summed E-state index contributed by atoms with van der Waals surface area (Å²) in [6.07, 6.45) is 0. The fourth-order valence-corrected chi connectivity index (χ4v) is 2.91. The van der Waals surface area contributed by atoms with Crippen LogP contribution >= 0.6 is 11.6 Å². The van der Waals surface area contributed by atoms with Gasteiger partial charge in [0.2, 0.25) is 0 Å². The highest BCUT2D eigenvalue weighted by atomic mass is 35.5. The molecule has 0 aliphatic carbocycles. The molecular formula is C22H20ClNO. The zero-order chi connectivity index (χ0) is 17.5. The maximum atomic E-state index is 12.7. The van der Waals surface area contributed by atoms with Gasteiger partial charge in [0.05, 0.1) is 6.54 Å². The predicted molar refractivity (Wildman–Crippen MR) is 103 cm³/mol. The Labute approximate surface area is 153 Å². The van der Waals surface area contributed by atoms with E-state index in [1.165, 1.54) is 11.1 Å². The predicted octanol–water partition coefficient (Wildman–Crippen LogP) is 5.23. The van der Waals surface area contributed by atoms with E-state index in [1.54, 1.807) is 24.3 Å². The molecule has 0 spiro atoms. The molecule has 3 aromatic carbocycles. The Bertz CT molecular complexity index is 759. The minimum Gasteiger partial charge on any atom is -0.293 e. The number of benzene rings is 3. The lowest BCUT2D eigenvalue weighted by Gasteiger charge is -2.22. The van der Waals surface area contributed by atoms with Gasteiger partial charge in [0.25, 0.3) is 0 Å². The van der Waals surface area contributed by atoms with E-state index in [9.17, 15) is 4.79 Å². The van der Waals surface area contributed by atoms with E-state index in [0.29, 0.717) is 17.1 Å². The minimum absolute atomic E-state index is 0.100. The van der Waals surface area contributed by atoms with Crippen LogP contribution in [0.15, 0.2) is 84.9 Å². The summed E-state index contributed by atoms with van der Waals surface area (Å²) in [5, 5.41) is 0.641. The highest BCUT2D eigenvalue weighted by Crippen LogP contribution is 2.14. The van der Waals surface area contributed by atoms with Crippen molar-refractivity contribution < 1.29 is 4.79 Å². The molecule has 0 heterocycles. The van der Waals surface area contributed by atoms with Crippen LogP contribution in [-0.4, -0.2) is 17.2 Å². The monoisotopic (exact) mass is 349 g/mol. The lowest BCUT2D eigenvalue weighted by molar-refractivity contribution is 0.0920. The van der Waals surface area contributed by atoms with Crippen LogP contribution in [0.1, 0.15) is 21.5 Å². The summed E-state index contributed by atoms with van der Waals surface area (Å²) in [7, 11) is 0. The molecule has 25 heavy (non-hydrogen) atoms. The minimum atomic E-state index is 0.100. The van der Waals surface area contributed by atoms with Gasteiger partial charge in [-0.2, -0.15) is 0 Å². The van der Waals surface area contributed by atoms with Gasteiger partial charge in [-0.05, 0) is 35.4 Å². The maximum Gasteiger partial charge on any atom is 0.176 e. The molecule has 0 aromatic heterocycles. The Morgan fingerprint density at radius 1 is 0.720 bits per heavy atom. The summed E-state index contributed by atoms with van der Waals surface area (Å²) in [5.74, 6) is 0.100. The number of nitrogens with zero attached hydrogens (tertiary/aromatic N) is 1. The normalized spacial score (nSPS) is 10.8. The first-order valence-corrected chi connectivity index (χ1v) is 8.67. The number of hydrogen-bond acceptors (Lipinski definition) is 2. The van der Waals surface area contributed by atoms with E-state index < -0.39 is 0 Å². The lowest BCUT2D eigenvalue weighted by Crippen LogP contribution is -2.29. The Kier molecular flexibility index (Phi) is 5.99. The summed E-state index contributed by atoms with van der Waals surface area (Å²) in [6.45, 7) is 1.83. The van der Waals surface area contributed by atoms with Gasteiger partial charge in [-0.15, -0.1) is 0 Å². The molecule has 0 radical (unpaired) electrons. The first-order valence-electron chi connectivity index (χ1n) is 8.30. The SMILES string of the molecule is O=C(CN(Cc1ccccc1)Cc1ccccc1)c1ccc(Cl)cc1. The Balaban J connectivity index is 1.75.